The van der Waals surface area contributed by atoms with Crippen molar-refractivity contribution in [1.29, 1.82) is 0 Å². The number of hydrogen-bond donors (Lipinski definition) is 0. The van der Waals surface area contributed by atoms with Gasteiger partial charge in [-0.2, -0.15) is 5.10 Å². The van der Waals surface area contributed by atoms with Crippen LogP contribution in [0, 0.1) is 11.6 Å². The number of aromatic nitrogens is 2. The van der Waals surface area contributed by atoms with Crippen LogP contribution in [-0.4, -0.2) is 33.7 Å². The van der Waals surface area contributed by atoms with Gasteiger partial charge in [-0.3, -0.25) is 9.48 Å². The molecule has 0 saturated carbocycles. The molecule has 27 heavy (non-hydrogen) atoms. The molecule has 1 aliphatic heterocycles. The lowest BCUT2D eigenvalue weighted by Crippen LogP contribution is -2.40. The minimum Gasteiger partial charge on any atom is -0.337 e. The lowest BCUT2D eigenvalue weighted by molar-refractivity contribution is 0.0673. The Morgan fingerprint density at radius 2 is 1.63 bits per heavy atom. The highest BCUT2D eigenvalue weighted by Gasteiger charge is 2.26. The van der Waals surface area contributed by atoms with Crippen LogP contribution in [0.15, 0.2) is 60.9 Å². The van der Waals surface area contributed by atoms with Gasteiger partial charge in [-0.1, -0.05) is 12.1 Å². The zero-order chi connectivity index (χ0) is 18.8. The van der Waals surface area contributed by atoms with E-state index in [-0.39, 0.29) is 23.6 Å². The third-order valence-electron chi connectivity index (χ3n) is 4.93. The number of halogens is 2. The second kappa shape index (κ2) is 7.31. The molecule has 1 aliphatic rings. The van der Waals surface area contributed by atoms with Gasteiger partial charge in [0.25, 0.3) is 5.91 Å². The summed E-state index contributed by atoms with van der Waals surface area (Å²) in [6.45, 7) is 1.24. The van der Waals surface area contributed by atoms with Crippen LogP contribution in [0.25, 0.3) is 11.1 Å². The second-order valence-electron chi connectivity index (χ2n) is 6.77. The van der Waals surface area contributed by atoms with Crippen molar-refractivity contribution in [2.24, 2.45) is 0 Å². The Hall–Kier alpha value is -3.02. The predicted octanol–water partition coefficient (Wildman–Crippen LogP) is 4.31. The molecule has 1 atom stereocenters. The van der Waals surface area contributed by atoms with Gasteiger partial charge in [-0.05, 0) is 54.8 Å². The lowest BCUT2D eigenvalue weighted by Gasteiger charge is -2.33. The Bertz CT molecular complexity index is 935. The standard InChI is InChI=1S/C21H19F2N3O/c22-18-7-3-15(4-8-18)17-12-24-26(13-17)20-2-1-11-25(14-20)21(27)16-5-9-19(23)10-6-16/h3-10,12-13,20H,1-2,11,14H2/t20-/m0/s1. The van der Waals surface area contributed by atoms with Crippen LogP contribution in [0.5, 0.6) is 0 Å². The molecule has 2 heterocycles. The molecule has 1 fully saturated rings. The van der Waals surface area contributed by atoms with Crippen molar-refractivity contribution in [2.45, 2.75) is 18.9 Å². The van der Waals surface area contributed by atoms with Crippen molar-refractivity contribution >= 4 is 5.91 Å². The zero-order valence-corrected chi connectivity index (χ0v) is 14.7. The first-order valence-electron chi connectivity index (χ1n) is 8.95. The summed E-state index contributed by atoms with van der Waals surface area (Å²) in [5.41, 5.74) is 2.30. The number of amides is 1. The third kappa shape index (κ3) is 3.74. The quantitative estimate of drug-likeness (QED) is 0.692. The van der Waals surface area contributed by atoms with Crippen LogP contribution in [0.4, 0.5) is 8.78 Å². The van der Waals surface area contributed by atoms with Gasteiger partial charge >= 0.3 is 0 Å². The van der Waals surface area contributed by atoms with Crippen molar-refractivity contribution in [1.82, 2.24) is 14.7 Å². The molecule has 0 spiro atoms. The molecule has 0 N–H and O–H groups in total. The van der Waals surface area contributed by atoms with Crippen molar-refractivity contribution in [3.8, 4) is 11.1 Å². The number of likely N-dealkylation sites (tertiary alicyclic amines) is 1. The number of rotatable bonds is 3. The Labute approximate surface area is 156 Å². The summed E-state index contributed by atoms with van der Waals surface area (Å²) < 4.78 is 28.1. The molecule has 6 heteroatoms. The fourth-order valence-electron chi connectivity index (χ4n) is 3.46. The van der Waals surface area contributed by atoms with Gasteiger partial charge in [0.1, 0.15) is 11.6 Å². The van der Waals surface area contributed by atoms with E-state index in [9.17, 15) is 13.6 Å². The maximum Gasteiger partial charge on any atom is 0.253 e. The first-order valence-corrected chi connectivity index (χ1v) is 8.95. The molecule has 2 aromatic carbocycles. The Kier molecular flexibility index (Phi) is 4.71. The number of benzene rings is 2. The SMILES string of the molecule is O=C(c1ccc(F)cc1)N1CCC[C@H](n2cc(-c3ccc(F)cc3)cn2)C1. The molecule has 3 aromatic rings. The third-order valence-corrected chi connectivity index (χ3v) is 4.93. The summed E-state index contributed by atoms with van der Waals surface area (Å²) in [5, 5.41) is 4.45. The summed E-state index contributed by atoms with van der Waals surface area (Å²) in [4.78, 5) is 14.5. The highest BCUT2D eigenvalue weighted by molar-refractivity contribution is 5.94. The van der Waals surface area contributed by atoms with E-state index in [4.69, 9.17) is 0 Å². The normalized spacial score (nSPS) is 17.1. The number of carbonyl (C=O) groups excluding carboxylic acids is 1. The minimum atomic E-state index is -0.354. The average Bonchev–Trinajstić information content (AvgIpc) is 3.19. The number of carbonyl (C=O) groups is 1. The van der Waals surface area contributed by atoms with Crippen molar-refractivity contribution in [3.05, 3.63) is 78.1 Å². The maximum absolute atomic E-state index is 13.1. The Balaban J connectivity index is 1.49. The van der Waals surface area contributed by atoms with Crippen molar-refractivity contribution in [3.63, 3.8) is 0 Å². The topological polar surface area (TPSA) is 38.1 Å². The highest BCUT2D eigenvalue weighted by Crippen LogP contribution is 2.26. The van der Waals surface area contributed by atoms with Crippen LogP contribution in [0.2, 0.25) is 0 Å². The monoisotopic (exact) mass is 367 g/mol. The Morgan fingerprint density at radius 3 is 2.33 bits per heavy atom. The molecule has 4 rings (SSSR count). The van der Waals surface area contributed by atoms with Gasteiger partial charge in [-0.25, -0.2) is 8.78 Å². The van der Waals surface area contributed by atoms with E-state index in [0.29, 0.717) is 18.7 Å². The van der Waals surface area contributed by atoms with E-state index in [0.717, 1.165) is 24.0 Å². The molecule has 1 aromatic heterocycles. The fourth-order valence-corrected chi connectivity index (χ4v) is 3.46. The molecular weight excluding hydrogens is 348 g/mol. The summed E-state index contributed by atoms with van der Waals surface area (Å²) >= 11 is 0. The summed E-state index contributed by atoms with van der Waals surface area (Å²) in [7, 11) is 0. The highest BCUT2D eigenvalue weighted by atomic mass is 19.1. The van der Waals surface area contributed by atoms with Crippen LogP contribution in [0.3, 0.4) is 0 Å². The van der Waals surface area contributed by atoms with E-state index in [1.165, 1.54) is 36.4 Å². The van der Waals surface area contributed by atoms with Gasteiger partial charge in [0.05, 0.1) is 12.2 Å². The smallest absolute Gasteiger partial charge is 0.253 e. The molecular formula is C21H19F2N3O. The molecule has 0 aliphatic carbocycles. The van der Waals surface area contributed by atoms with Gasteiger partial charge in [-0.15, -0.1) is 0 Å². The van der Waals surface area contributed by atoms with E-state index in [1.54, 1.807) is 23.2 Å². The van der Waals surface area contributed by atoms with Crippen LogP contribution < -0.4 is 0 Å². The first kappa shape index (κ1) is 17.4. The summed E-state index contributed by atoms with van der Waals surface area (Å²) in [5.74, 6) is -0.716. The van der Waals surface area contributed by atoms with Gasteiger partial charge in [0.2, 0.25) is 0 Å². The molecule has 0 bridgehead atoms. The van der Waals surface area contributed by atoms with E-state index in [2.05, 4.69) is 5.10 Å². The molecule has 0 unspecified atom stereocenters. The summed E-state index contributed by atoms with van der Waals surface area (Å²) in [6, 6.07) is 12.0. The molecule has 1 saturated heterocycles. The van der Waals surface area contributed by atoms with Crippen molar-refractivity contribution in [2.75, 3.05) is 13.1 Å². The lowest BCUT2D eigenvalue weighted by atomic mass is 10.0. The fraction of sp³-hybridized carbons (Fsp3) is 0.238. The van der Waals surface area contributed by atoms with Crippen LogP contribution in [-0.2, 0) is 0 Å². The van der Waals surface area contributed by atoms with Gasteiger partial charge in [0.15, 0.2) is 0 Å². The predicted molar refractivity (Wildman–Crippen MR) is 98.2 cm³/mol. The molecule has 4 nitrogen and oxygen atoms in total. The number of piperidine rings is 1. The number of nitrogens with zero attached hydrogens (tertiary/aromatic N) is 3. The molecule has 0 radical (unpaired) electrons. The first-order chi connectivity index (χ1) is 13.1. The van der Waals surface area contributed by atoms with Crippen molar-refractivity contribution < 1.29 is 13.6 Å². The average molecular weight is 367 g/mol. The zero-order valence-electron chi connectivity index (χ0n) is 14.7. The van der Waals surface area contributed by atoms with Gasteiger partial charge in [0, 0.05) is 30.4 Å². The minimum absolute atomic E-state index is 0.0809. The Morgan fingerprint density at radius 1 is 0.963 bits per heavy atom. The van der Waals surface area contributed by atoms with Gasteiger partial charge < -0.3 is 4.90 Å². The number of hydrogen-bond acceptors (Lipinski definition) is 2. The maximum atomic E-state index is 13.1. The largest absolute Gasteiger partial charge is 0.337 e. The van der Waals surface area contributed by atoms with Crippen LogP contribution in [0.1, 0.15) is 29.2 Å². The molecule has 138 valence electrons. The molecule has 1 amide bonds. The van der Waals surface area contributed by atoms with Crippen LogP contribution >= 0.6 is 0 Å². The summed E-state index contributed by atoms with van der Waals surface area (Å²) in [6.07, 6.45) is 5.50. The van der Waals surface area contributed by atoms with E-state index in [1.807, 2.05) is 10.9 Å². The second-order valence-corrected chi connectivity index (χ2v) is 6.77. The van der Waals surface area contributed by atoms with E-state index < -0.39 is 0 Å². The van der Waals surface area contributed by atoms with E-state index >= 15 is 0 Å².